The van der Waals surface area contributed by atoms with Crippen LogP contribution in [-0.2, 0) is 54.3 Å². The van der Waals surface area contributed by atoms with Gasteiger partial charge in [-0.25, -0.2) is 13.6 Å². The van der Waals surface area contributed by atoms with Crippen LogP contribution in [0.1, 0.15) is 70.7 Å². The van der Waals surface area contributed by atoms with Crippen LogP contribution in [0.15, 0.2) is 60.8 Å². The number of carbonyl (C=O) groups excluding carboxylic acids is 5. The van der Waals surface area contributed by atoms with E-state index in [-0.39, 0.29) is 112 Å². The Kier molecular flexibility index (Phi) is 23.7. The number of nitrogens with one attached hydrogen (secondary N) is 2. The number of benzene rings is 2. The summed E-state index contributed by atoms with van der Waals surface area (Å²) in [6.07, 6.45) is 2.37. The van der Waals surface area contributed by atoms with E-state index in [2.05, 4.69) is 10.6 Å². The molecule has 1 aliphatic rings. The molecule has 1 aliphatic heterocycles. The minimum Gasteiger partial charge on any atom is -0.480 e. The van der Waals surface area contributed by atoms with Crippen LogP contribution in [0.4, 0.5) is 8.78 Å². The van der Waals surface area contributed by atoms with E-state index in [1.165, 1.54) is 0 Å². The van der Waals surface area contributed by atoms with Gasteiger partial charge in [-0.15, -0.1) is 11.8 Å². The second-order valence-corrected chi connectivity index (χ2v) is 18.7. The van der Waals surface area contributed by atoms with Gasteiger partial charge in [0.15, 0.2) is 0 Å². The maximum atomic E-state index is 15.1. The van der Waals surface area contributed by atoms with Gasteiger partial charge in [-0.2, -0.15) is 0 Å². The molecular formula is C49H68F2N6O11S. The van der Waals surface area contributed by atoms with E-state index in [9.17, 15) is 38.3 Å². The molecule has 1 aromatic heterocycles. The second kappa shape index (κ2) is 29.1. The molecule has 3 atom stereocenters. The largest absolute Gasteiger partial charge is 0.480 e. The van der Waals surface area contributed by atoms with Crippen LogP contribution in [-0.4, -0.2) is 152 Å². The number of hydrogen-bond donors (Lipinski definition) is 4. The molecule has 17 nitrogen and oxygen atoms in total. The summed E-state index contributed by atoms with van der Waals surface area (Å²) in [5, 5.41) is 15.1. The fraction of sp³-hybridized carbons (Fsp3) is 0.551. The van der Waals surface area contributed by atoms with Gasteiger partial charge in [0.1, 0.15) is 17.7 Å². The average Bonchev–Trinajstić information content (AvgIpc) is 3.81. The Morgan fingerprint density at radius 3 is 2.16 bits per heavy atom. The molecule has 3 aromatic rings. The van der Waals surface area contributed by atoms with Gasteiger partial charge in [0.05, 0.1) is 64.6 Å². The Morgan fingerprint density at radius 2 is 1.55 bits per heavy atom. The molecule has 4 rings (SSSR count). The van der Waals surface area contributed by atoms with Crippen molar-refractivity contribution in [2.24, 2.45) is 17.1 Å². The standard InChI is InChI=1S/C49H68F2N6O11S/c1-34-27-44(60)57(47(34)62)18-13-42(58)53-16-20-66-22-24-68-26-25-67-23-21-65-19-14-43(59)54-40(48(63)64)32-69-33-45(61)56(17-8-15-52)46(49(2,3)4)41-28-36(38-29-37(50)11-12-39(38)51)31-55(41)30-35-9-6-5-7-10-35/h5-7,9-12,28-29,31,34,40,46H,8,13-27,30,32-33,52H2,1-4H3,(H,53,58)(H,54,59)(H,63,64)/t34?,40-,46+/m1/s1. The van der Waals surface area contributed by atoms with E-state index < -0.39 is 41.0 Å². The minimum absolute atomic E-state index is 0.0301. The smallest absolute Gasteiger partial charge is 0.327 e. The number of aliphatic carboxylic acids is 1. The number of carboxylic acids is 1. The highest BCUT2D eigenvalue weighted by Gasteiger charge is 2.38. The summed E-state index contributed by atoms with van der Waals surface area (Å²) < 4.78 is 53.3. The third-order valence-corrected chi connectivity index (χ3v) is 12.1. The van der Waals surface area contributed by atoms with Crippen molar-refractivity contribution in [1.29, 1.82) is 0 Å². The summed E-state index contributed by atoms with van der Waals surface area (Å²) in [7, 11) is 0. The maximum absolute atomic E-state index is 15.1. The van der Waals surface area contributed by atoms with Crippen molar-refractivity contribution in [3.05, 3.63) is 83.7 Å². The third kappa shape index (κ3) is 18.9. The number of carboxylic acid groups (broad SMARTS) is 1. The van der Waals surface area contributed by atoms with E-state index in [0.29, 0.717) is 57.2 Å². The van der Waals surface area contributed by atoms with Crippen molar-refractivity contribution in [3.63, 3.8) is 0 Å². The lowest BCUT2D eigenvalue weighted by Crippen LogP contribution is -2.45. The van der Waals surface area contributed by atoms with Gasteiger partial charge in [0.25, 0.3) is 0 Å². The van der Waals surface area contributed by atoms with Gasteiger partial charge in [-0.3, -0.25) is 28.9 Å². The van der Waals surface area contributed by atoms with Crippen molar-refractivity contribution in [3.8, 4) is 11.1 Å². The molecule has 0 bridgehead atoms. The molecule has 20 heteroatoms. The number of likely N-dealkylation sites (tertiary alicyclic amines) is 1. The monoisotopic (exact) mass is 986 g/mol. The van der Waals surface area contributed by atoms with E-state index in [1.54, 1.807) is 24.1 Å². The quantitative estimate of drug-likeness (QED) is 0.0504. The van der Waals surface area contributed by atoms with Crippen LogP contribution in [0.25, 0.3) is 11.1 Å². The lowest BCUT2D eigenvalue weighted by Gasteiger charge is -2.41. The lowest BCUT2D eigenvalue weighted by atomic mass is 9.83. The second-order valence-electron chi connectivity index (χ2n) is 17.7. The van der Waals surface area contributed by atoms with Crippen LogP contribution in [0, 0.1) is 23.0 Å². The molecule has 5 N–H and O–H groups in total. The molecule has 0 spiro atoms. The van der Waals surface area contributed by atoms with Gasteiger partial charge in [-0.05, 0) is 48.2 Å². The predicted octanol–water partition coefficient (Wildman–Crippen LogP) is 4.41. The molecule has 1 saturated heterocycles. The van der Waals surface area contributed by atoms with Gasteiger partial charge in [0.2, 0.25) is 29.5 Å². The summed E-state index contributed by atoms with van der Waals surface area (Å²) in [6.45, 7) is 11.0. The highest BCUT2D eigenvalue weighted by Crippen LogP contribution is 2.41. The highest BCUT2D eigenvalue weighted by molar-refractivity contribution is 8.00. The Hall–Kier alpha value is -5.25. The number of halogens is 2. The summed E-state index contributed by atoms with van der Waals surface area (Å²) in [4.78, 5) is 77.7. The fourth-order valence-electron chi connectivity index (χ4n) is 7.63. The topological polar surface area (TPSA) is 221 Å². The van der Waals surface area contributed by atoms with Crippen molar-refractivity contribution in [2.75, 3.05) is 90.5 Å². The number of thioether (sulfide) groups is 1. The Labute approximate surface area is 407 Å². The maximum Gasteiger partial charge on any atom is 0.327 e. The summed E-state index contributed by atoms with van der Waals surface area (Å²) >= 11 is 1.08. The zero-order valence-electron chi connectivity index (χ0n) is 40.1. The number of ether oxygens (including phenoxy) is 4. The molecule has 0 aliphatic carbocycles. The van der Waals surface area contributed by atoms with E-state index in [1.807, 2.05) is 55.7 Å². The number of imide groups is 1. The van der Waals surface area contributed by atoms with Crippen molar-refractivity contribution >= 4 is 47.3 Å². The van der Waals surface area contributed by atoms with Crippen molar-refractivity contribution in [1.82, 2.24) is 25.0 Å². The number of aromatic nitrogens is 1. The third-order valence-electron chi connectivity index (χ3n) is 11.0. The number of nitrogens with two attached hydrogens (primary N) is 1. The molecule has 5 amide bonds. The van der Waals surface area contributed by atoms with Crippen molar-refractivity contribution in [2.45, 2.75) is 72.0 Å². The van der Waals surface area contributed by atoms with E-state index in [0.717, 1.165) is 40.4 Å². The Bertz CT molecular complexity index is 2140. The Balaban J connectivity index is 1.15. The van der Waals surface area contributed by atoms with Crippen LogP contribution in [0.2, 0.25) is 0 Å². The first-order valence-corrected chi connectivity index (χ1v) is 24.4. The molecule has 1 unspecified atom stereocenters. The highest BCUT2D eigenvalue weighted by atomic mass is 32.2. The van der Waals surface area contributed by atoms with Crippen LogP contribution in [0.3, 0.4) is 0 Å². The summed E-state index contributed by atoms with van der Waals surface area (Å²) in [5.41, 5.74) is 7.59. The van der Waals surface area contributed by atoms with Crippen LogP contribution < -0.4 is 16.4 Å². The molecule has 380 valence electrons. The number of rotatable bonds is 32. The zero-order valence-corrected chi connectivity index (χ0v) is 40.9. The summed E-state index contributed by atoms with van der Waals surface area (Å²) in [6, 6.07) is 12.9. The lowest BCUT2D eigenvalue weighted by molar-refractivity contribution is -0.141. The van der Waals surface area contributed by atoms with Crippen molar-refractivity contribution < 1.29 is 61.6 Å². The van der Waals surface area contributed by atoms with Gasteiger partial charge >= 0.3 is 5.97 Å². The zero-order chi connectivity index (χ0) is 50.3. The first kappa shape index (κ1) is 56.3. The molecule has 2 heterocycles. The number of hydrogen-bond acceptors (Lipinski definition) is 12. The Morgan fingerprint density at radius 1 is 0.899 bits per heavy atom. The fourth-order valence-corrected chi connectivity index (χ4v) is 8.55. The van der Waals surface area contributed by atoms with Gasteiger partial charge in [0, 0.05) is 80.1 Å². The number of carbonyl (C=O) groups is 6. The predicted molar refractivity (Wildman–Crippen MR) is 256 cm³/mol. The van der Waals surface area contributed by atoms with Gasteiger partial charge in [-0.1, -0.05) is 58.0 Å². The number of nitrogens with zero attached hydrogens (tertiary/aromatic N) is 3. The molecule has 1 fully saturated rings. The molecule has 2 aromatic carbocycles. The van der Waals surface area contributed by atoms with E-state index >= 15 is 4.39 Å². The molecule has 0 radical (unpaired) electrons. The van der Waals surface area contributed by atoms with Gasteiger partial charge < -0.3 is 49.9 Å². The molecular weight excluding hydrogens is 919 g/mol. The first-order chi connectivity index (χ1) is 33.0. The minimum atomic E-state index is -1.27. The first-order valence-electron chi connectivity index (χ1n) is 23.2. The normalized spacial score (nSPS) is 14.8. The average molecular weight is 987 g/mol. The van der Waals surface area contributed by atoms with Crippen LogP contribution >= 0.6 is 11.8 Å². The number of amides is 5. The van der Waals surface area contributed by atoms with Crippen LogP contribution in [0.5, 0.6) is 0 Å². The summed E-state index contributed by atoms with van der Waals surface area (Å²) in [5.74, 6) is -4.52. The SMILES string of the molecule is CC1CC(=O)N(CCC(=O)NCCOCCOCCOCCOCCC(=O)N[C@H](CSCC(=O)N(CCCN)[C@@H](c2cc(-c3cc(F)ccc3F)cn2Cc2ccccc2)C(C)(C)C)C(=O)O)C1=O. The van der Waals surface area contributed by atoms with E-state index in [4.69, 9.17) is 24.7 Å². The molecule has 0 saturated carbocycles. The molecule has 69 heavy (non-hydrogen) atoms.